The smallest absolute Gasteiger partial charge is 0.0785 e. The molecule has 3 heteroatoms. The number of rotatable bonds is 7. The molecule has 3 nitrogen and oxygen atoms in total. The molecule has 0 aromatic heterocycles. The van der Waals surface area contributed by atoms with Gasteiger partial charge in [0.05, 0.1) is 18.8 Å². The van der Waals surface area contributed by atoms with E-state index in [4.69, 9.17) is 9.47 Å². The summed E-state index contributed by atoms with van der Waals surface area (Å²) < 4.78 is 11.6. The van der Waals surface area contributed by atoms with E-state index in [9.17, 15) is 0 Å². The average molecular weight is 243 g/mol. The summed E-state index contributed by atoms with van der Waals surface area (Å²) in [7, 11) is 0. The predicted octanol–water partition coefficient (Wildman–Crippen LogP) is 2.59. The van der Waals surface area contributed by atoms with Crippen LogP contribution >= 0.6 is 0 Å². The van der Waals surface area contributed by atoms with Gasteiger partial charge in [-0.3, -0.25) is 0 Å². The molecule has 0 aromatic rings. The Morgan fingerprint density at radius 1 is 1.29 bits per heavy atom. The zero-order chi connectivity index (χ0) is 12.7. The Morgan fingerprint density at radius 2 is 2.06 bits per heavy atom. The highest BCUT2D eigenvalue weighted by Crippen LogP contribution is 2.27. The normalized spacial score (nSPS) is 31.4. The van der Waals surface area contributed by atoms with Gasteiger partial charge in [0, 0.05) is 12.6 Å². The molecular weight excluding hydrogens is 214 g/mol. The van der Waals surface area contributed by atoms with E-state index in [1.54, 1.807) is 0 Å². The van der Waals surface area contributed by atoms with Crippen LogP contribution in [0.5, 0.6) is 0 Å². The Labute approximate surface area is 106 Å². The van der Waals surface area contributed by atoms with Gasteiger partial charge in [0.25, 0.3) is 0 Å². The molecule has 0 spiro atoms. The van der Waals surface area contributed by atoms with Gasteiger partial charge in [-0.1, -0.05) is 13.8 Å². The van der Waals surface area contributed by atoms with Gasteiger partial charge in [-0.2, -0.15) is 0 Å². The predicted molar refractivity (Wildman–Crippen MR) is 71.3 cm³/mol. The van der Waals surface area contributed by atoms with Gasteiger partial charge in [0.15, 0.2) is 0 Å². The van der Waals surface area contributed by atoms with Crippen LogP contribution in [0.2, 0.25) is 0 Å². The summed E-state index contributed by atoms with van der Waals surface area (Å²) in [4.78, 5) is 0. The van der Waals surface area contributed by atoms with Gasteiger partial charge >= 0.3 is 0 Å². The molecule has 1 aliphatic rings. The number of nitrogens with one attached hydrogen (secondary N) is 1. The van der Waals surface area contributed by atoms with Crippen LogP contribution in [0.1, 0.15) is 47.0 Å². The topological polar surface area (TPSA) is 30.5 Å². The van der Waals surface area contributed by atoms with Crippen LogP contribution in [0.4, 0.5) is 0 Å². The Hall–Kier alpha value is -0.120. The van der Waals surface area contributed by atoms with Crippen molar-refractivity contribution >= 4 is 0 Å². The highest BCUT2D eigenvalue weighted by Gasteiger charge is 2.29. The largest absolute Gasteiger partial charge is 0.379 e. The minimum absolute atomic E-state index is 0.200. The van der Waals surface area contributed by atoms with E-state index < -0.39 is 0 Å². The number of hydrogen-bond acceptors (Lipinski definition) is 3. The Balaban J connectivity index is 2.39. The van der Waals surface area contributed by atoms with E-state index in [-0.39, 0.29) is 6.10 Å². The van der Waals surface area contributed by atoms with Crippen LogP contribution < -0.4 is 5.32 Å². The molecule has 0 saturated heterocycles. The van der Waals surface area contributed by atoms with Crippen molar-refractivity contribution in [3.63, 3.8) is 0 Å². The summed E-state index contributed by atoms with van der Waals surface area (Å²) in [6, 6.07) is 0.528. The van der Waals surface area contributed by atoms with E-state index >= 15 is 0 Å². The third-order valence-corrected chi connectivity index (χ3v) is 3.48. The van der Waals surface area contributed by atoms with Crippen molar-refractivity contribution in [1.29, 1.82) is 0 Å². The first-order chi connectivity index (χ1) is 8.17. The number of hydrogen-bond donors (Lipinski definition) is 1. The van der Waals surface area contributed by atoms with Crippen molar-refractivity contribution in [2.75, 3.05) is 19.8 Å². The second-order valence-electron chi connectivity index (χ2n) is 5.23. The van der Waals surface area contributed by atoms with Crippen molar-refractivity contribution in [3.05, 3.63) is 0 Å². The van der Waals surface area contributed by atoms with Crippen LogP contribution in [-0.4, -0.2) is 38.0 Å². The van der Waals surface area contributed by atoms with Crippen LogP contribution in [0.3, 0.4) is 0 Å². The quantitative estimate of drug-likeness (QED) is 0.745. The molecule has 1 rings (SSSR count). The first kappa shape index (κ1) is 14.9. The van der Waals surface area contributed by atoms with Gasteiger partial charge in [-0.15, -0.1) is 0 Å². The van der Waals surface area contributed by atoms with Gasteiger partial charge in [0.1, 0.15) is 0 Å². The fourth-order valence-corrected chi connectivity index (χ4v) is 2.60. The summed E-state index contributed by atoms with van der Waals surface area (Å²) in [6.45, 7) is 11.1. The summed E-state index contributed by atoms with van der Waals surface area (Å²) in [6.07, 6.45) is 4.28. The van der Waals surface area contributed by atoms with Crippen LogP contribution in [-0.2, 0) is 9.47 Å². The maximum Gasteiger partial charge on any atom is 0.0785 e. The lowest BCUT2D eigenvalue weighted by Crippen LogP contribution is -2.46. The number of likely N-dealkylation sites (N-methyl/N-ethyl adjacent to an activating group) is 1. The van der Waals surface area contributed by atoms with Crippen molar-refractivity contribution in [3.8, 4) is 0 Å². The zero-order valence-corrected chi connectivity index (χ0v) is 11.9. The molecule has 1 fully saturated rings. The van der Waals surface area contributed by atoms with Gasteiger partial charge in [0.2, 0.25) is 0 Å². The monoisotopic (exact) mass is 243 g/mol. The van der Waals surface area contributed by atoms with Gasteiger partial charge in [-0.05, 0) is 45.6 Å². The Kier molecular flexibility index (Phi) is 7.09. The Morgan fingerprint density at radius 3 is 2.71 bits per heavy atom. The van der Waals surface area contributed by atoms with Crippen molar-refractivity contribution in [2.45, 2.75) is 65.2 Å². The standard InChI is InChI=1S/C14H29NO2/c1-5-15-13-8-7-11(3)9-14(13)17-12(4)10-16-6-2/h11-15H,5-10H2,1-4H3. The maximum atomic E-state index is 6.14. The summed E-state index contributed by atoms with van der Waals surface area (Å²) in [5.74, 6) is 0.786. The fraction of sp³-hybridized carbons (Fsp3) is 1.00. The molecule has 0 aliphatic heterocycles. The van der Waals surface area contributed by atoms with Crippen molar-refractivity contribution in [2.24, 2.45) is 5.92 Å². The zero-order valence-electron chi connectivity index (χ0n) is 11.9. The molecule has 1 N–H and O–H groups in total. The second-order valence-corrected chi connectivity index (χ2v) is 5.23. The lowest BCUT2D eigenvalue weighted by Gasteiger charge is -2.36. The van der Waals surface area contributed by atoms with Crippen LogP contribution in [0, 0.1) is 5.92 Å². The third-order valence-electron chi connectivity index (χ3n) is 3.48. The SMILES string of the molecule is CCNC1CCC(C)CC1OC(C)COCC. The van der Waals surface area contributed by atoms with Gasteiger partial charge in [-0.25, -0.2) is 0 Å². The molecule has 1 saturated carbocycles. The van der Waals surface area contributed by atoms with E-state index in [0.717, 1.165) is 19.1 Å². The van der Waals surface area contributed by atoms with E-state index in [0.29, 0.717) is 18.8 Å². The van der Waals surface area contributed by atoms with E-state index in [1.807, 2.05) is 6.92 Å². The summed E-state index contributed by atoms with van der Waals surface area (Å²) in [5.41, 5.74) is 0. The molecule has 0 bridgehead atoms. The molecule has 17 heavy (non-hydrogen) atoms. The molecular formula is C14H29NO2. The van der Waals surface area contributed by atoms with Crippen molar-refractivity contribution < 1.29 is 9.47 Å². The fourth-order valence-electron chi connectivity index (χ4n) is 2.60. The average Bonchev–Trinajstić information content (AvgIpc) is 2.30. The first-order valence-corrected chi connectivity index (χ1v) is 7.13. The molecule has 4 atom stereocenters. The Bertz CT molecular complexity index is 199. The lowest BCUT2D eigenvalue weighted by molar-refractivity contribution is -0.0771. The van der Waals surface area contributed by atoms with E-state index in [1.165, 1.54) is 19.3 Å². The highest BCUT2D eigenvalue weighted by atomic mass is 16.5. The van der Waals surface area contributed by atoms with Gasteiger partial charge < -0.3 is 14.8 Å². The van der Waals surface area contributed by atoms with Crippen LogP contribution in [0.25, 0.3) is 0 Å². The van der Waals surface area contributed by atoms with Crippen LogP contribution in [0.15, 0.2) is 0 Å². The molecule has 0 aromatic carbocycles. The first-order valence-electron chi connectivity index (χ1n) is 7.13. The minimum Gasteiger partial charge on any atom is -0.379 e. The molecule has 0 radical (unpaired) electrons. The maximum absolute atomic E-state index is 6.14. The molecule has 1 aliphatic carbocycles. The second kappa shape index (κ2) is 8.06. The highest BCUT2D eigenvalue weighted by molar-refractivity contribution is 4.84. The van der Waals surface area contributed by atoms with Crippen molar-refractivity contribution in [1.82, 2.24) is 5.32 Å². The summed E-state index contributed by atoms with van der Waals surface area (Å²) in [5, 5.41) is 3.55. The number of ether oxygens (including phenoxy) is 2. The van der Waals surface area contributed by atoms with E-state index in [2.05, 4.69) is 26.1 Å². The summed E-state index contributed by atoms with van der Waals surface area (Å²) >= 11 is 0. The third kappa shape index (κ3) is 5.36. The molecule has 0 heterocycles. The molecule has 102 valence electrons. The lowest BCUT2D eigenvalue weighted by atomic mass is 9.85. The minimum atomic E-state index is 0.200. The molecule has 4 unspecified atom stereocenters. The molecule has 0 amide bonds.